The maximum Gasteiger partial charge on any atom is 0.255 e. The van der Waals surface area contributed by atoms with Gasteiger partial charge in [-0.05, 0) is 30.3 Å². The quantitative estimate of drug-likeness (QED) is 0.815. The second kappa shape index (κ2) is 5.05. The molecule has 2 aromatic rings. The Morgan fingerprint density at radius 1 is 1.41 bits per heavy atom. The van der Waals surface area contributed by atoms with E-state index in [9.17, 15) is 4.79 Å². The standard InChI is InChI=1S/C12H13N3OS/c1-2-10-9(11(16)15-12(17)14-10)6-8-4-3-5-13-7-8/h3-5,7H,2,6H2,1H3,(H2,14,15,16,17). The van der Waals surface area contributed by atoms with Crippen molar-refractivity contribution in [1.29, 1.82) is 0 Å². The van der Waals surface area contributed by atoms with Gasteiger partial charge in [0.25, 0.3) is 5.56 Å². The minimum absolute atomic E-state index is 0.116. The van der Waals surface area contributed by atoms with Crippen molar-refractivity contribution in [3.63, 3.8) is 0 Å². The molecule has 0 radical (unpaired) electrons. The summed E-state index contributed by atoms with van der Waals surface area (Å²) in [7, 11) is 0. The Morgan fingerprint density at radius 2 is 2.24 bits per heavy atom. The molecule has 0 saturated heterocycles. The van der Waals surface area contributed by atoms with Crippen molar-refractivity contribution in [3.8, 4) is 0 Å². The van der Waals surface area contributed by atoms with Crippen LogP contribution in [0.4, 0.5) is 0 Å². The summed E-state index contributed by atoms with van der Waals surface area (Å²) in [6.07, 6.45) is 4.80. The van der Waals surface area contributed by atoms with Crippen LogP contribution in [-0.2, 0) is 12.8 Å². The van der Waals surface area contributed by atoms with E-state index < -0.39 is 0 Å². The summed E-state index contributed by atoms with van der Waals surface area (Å²) >= 11 is 4.95. The van der Waals surface area contributed by atoms with Gasteiger partial charge in [-0.2, -0.15) is 0 Å². The second-order valence-electron chi connectivity index (χ2n) is 3.76. The molecule has 0 bridgehead atoms. The topological polar surface area (TPSA) is 61.5 Å². The molecule has 0 aliphatic heterocycles. The summed E-state index contributed by atoms with van der Waals surface area (Å²) < 4.78 is 0.377. The molecule has 0 amide bonds. The van der Waals surface area contributed by atoms with Gasteiger partial charge in [-0.15, -0.1) is 0 Å². The molecule has 0 spiro atoms. The average Bonchev–Trinajstić information content (AvgIpc) is 2.33. The highest BCUT2D eigenvalue weighted by Gasteiger charge is 2.07. The summed E-state index contributed by atoms with van der Waals surface area (Å²) in [5.74, 6) is 0. The maximum absolute atomic E-state index is 11.9. The lowest BCUT2D eigenvalue weighted by Crippen LogP contribution is -2.18. The number of nitrogens with one attached hydrogen (secondary N) is 2. The highest BCUT2D eigenvalue weighted by atomic mass is 32.1. The third-order valence-corrected chi connectivity index (χ3v) is 2.79. The number of aryl methyl sites for hydroxylation is 1. The Bertz CT molecular complexity index is 616. The number of aromatic nitrogens is 3. The fraction of sp³-hybridized carbons (Fsp3) is 0.250. The van der Waals surface area contributed by atoms with Crippen LogP contribution in [0.2, 0.25) is 0 Å². The van der Waals surface area contributed by atoms with Gasteiger partial charge in [0, 0.05) is 30.1 Å². The Morgan fingerprint density at radius 3 is 2.88 bits per heavy atom. The highest BCUT2D eigenvalue weighted by Crippen LogP contribution is 2.08. The molecule has 0 fully saturated rings. The van der Waals surface area contributed by atoms with E-state index in [1.165, 1.54) is 0 Å². The molecule has 2 rings (SSSR count). The zero-order valence-electron chi connectivity index (χ0n) is 9.49. The van der Waals surface area contributed by atoms with Crippen molar-refractivity contribution in [2.24, 2.45) is 0 Å². The van der Waals surface area contributed by atoms with E-state index in [-0.39, 0.29) is 5.56 Å². The first kappa shape index (κ1) is 11.7. The molecular formula is C12H13N3OS. The van der Waals surface area contributed by atoms with Crippen molar-refractivity contribution in [2.75, 3.05) is 0 Å². The molecule has 5 heteroatoms. The molecule has 2 aromatic heterocycles. The smallest absolute Gasteiger partial charge is 0.255 e. The van der Waals surface area contributed by atoms with Crippen molar-refractivity contribution in [3.05, 3.63) is 56.5 Å². The molecule has 4 nitrogen and oxygen atoms in total. The van der Waals surface area contributed by atoms with Crippen molar-refractivity contribution >= 4 is 12.2 Å². The van der Waals surface area contributed by atoms with E-state index in [1.54, 1.807) is 12.4 Å². The number of rotatable bonds is 3. The average molecular weight is 247 g/mol. The Kier molecular flexibility index (Phi) is 3.49. The number of pyridine rings is 1. The molecule has 0 saturated carbocycles. The number of H-pyrrole nitrogens is 2. The monoisotopic (exact) mass is 247 g/mol. The Balaban J connectivity index is 2.46. The van der Waals surface area contributed by atoms with E-state index in [0.717, 1.165) is 23.2 Å². The van der Waals surface area contributed by atoms with Crippen LogP contribution in [0.25, 0.3) is 0 Å². The van der Waals surface area contributed by atoms with Crippen molar-refractivity contribution in [2.45, 2.75) is 19.8 Å². The van der Waals surface area contributed by atoms with Gasteiger partial charge in [-0.1, -0.05) is 13.0 Å². The lowest BCUT2D eigenvalue weighted by Gasteiger charge is -2.06. The van der Waals surface area contributed by atoms with E-state index >= 15 is 0 Å². The Hall–Kier alpha value is -1.75. The van der Waals surface area contributed by atoms with Gasteiger partial charge in [0.05, 0.1) is 0 Å². The Labute approximate surface area is 104 Å². The lowest BCUT2D eigenvalue weighted by molar-refractivity contribution is 0.905. The molecular weight excluding hydrogens is 234 g/mol. The number of nitrogens with zero attached hydrogens (tertiary/aromatic N) is 1. The fourth-order valence-corrected chi connectivity index (χ4v) is 1.97. The van der Waals surface area contributed by atoms with Gasteiger partial charge in [0.15, 0.2) is 4.77 Å². The molecule has 88 valence electrons. The maximum atomic E-state index is 11.9. The molecule has 2 heterocycles. The predicted octanol–water partition coefficient (Wildman–Crippen LogP) is 1.98. The van der Waals surface area contributed by atoms with E-state index in [0.29, 0.717) is 11.2 Å². The second-order valence-corrected chi connectivity index (χ2v) is 4.17. The third-order valence-electron chi connectivity index (χ3n) is 2.59. The number of hydrogen-bond acceptors (Lipinski definition) is 3. The van der Waals surface area contributed by atoms with Gasteiger partial charge in [0.2, 0.25) is 0 Å². The van der Waals surface area contributed by atoms with Gasteiger partial charge in [-0.25, -0.2) is 0 Å². The van der Waals surface area contributed by atoms with Crippen LogP contribution < -0.4 is 5.56 Å². The highest BCUT2D eigenvalue weighted by molar-refractivity contribution is 7.71. The minimum Gasteiger partial charge on any atom is -0.336 e. The van der Waals surface area contributed by atoms with Crippen LogP contribution in [0, 0.1) is 4.77 Å². The minimum atomic E-state index is -0.116. The zero-order valence-corrected chi connectivity index (χ0v) is 10.3. The van der Waals surface area contributed by atoms with E-state index in [1.807, 2.05) is 19.1 Å². The summed E-state index contributed by atoms with van der Waals surface area (Å²) in [6.45, 7) is 1.99. The van der Waals surface area contributed by atoms with Gasteiger partial charge in [0.1, 0.15) is 0 Å². The molecule has 0 unspecified atom stereocenters. The van der Waals surface area contributed by atoms with Crippen molar-refractivity contribution in [1.82, 2.24) is 15.0 Å². The van der Waals surface area contributed by atoms with E-state index in [4.69, 9.17) is 12.2 Å². The normalized spacial score (nSPS) is 10.4. The SMILES string of the molecule is CCc1[nH]c(=S)[nH]c(=O)c1Cc1cccnc1. The predicted molar refractivity (Wildman–Crippen MR) is 68.7 cm³/mol. The van der Waals surface area contributed by atoms with Crippen molar-refractivity contribution < 1.29 is 0 Å². The summed E-state index contributed by atoms with van der Waals surface area (Å²) in [5, 5.41) is 0. The van der Waals surface area contributed by atoms with Crippen LogP contribution in [0.5, 0.6) is 0 Å². The summed E-state index contributed by atoms with van der Waals surface area (Å²) in [5.41, 5.74) is 2.52. The first-order chi connectivity index (χ1) is 8.20. The summed E-state index contributed by atoms with van der Waals surface area (Å²) in [4.78, 5) is 21.5. The zero-order chi connectivity index (χ0) is 12.3. The molecule has 2 N–H and O–H groups in total. The van der Waals surface area contributed by atoms with Crippen LogP contribution >= 0.6 is 12.2 Å². The van der Waals surface area contributed by atoms with Crippen LogP contribution in [0.15, 0.2) is 29.3 Å². The fourth-order valence-electron chi connectivity index (χ4n) is 1.75. The third kappa shape index (κ3) is 2.68. The summed E-state index contributed by atoms with van der Waals surface area (Å²) in [6, 6.07) is 3.81. The van der Waals surface area contributed by atoms with Gasteiger partial charge < -0.3 is 4.98 Å². The van der Waals surface area contributed by atoms with E-state index in [2.05, 4.69) is 15.0 Å². The van der Waals surface area contributed by atoms with Gasteiger partial charge >= 0.3 is 0 Å². The van der Waals surface area contributed by atoms with Crippen LogP contribution in [-0.4, -0.2) is 15.0 Å². The molecule has 0 atom stereocenters. The number of hydrogen-bond donors (Lipinski definition) is 2. The largest absolute Gasteiger partial charge is 0.336 e. The van der Waals surface area contributed by atoms with Crippen LogP contribution in [0.1, 0.15) is 23.7 Å². The van der Waals surface area contributed by atoms with Crippen LogP contribution in [0.3, 0.4) is 0 Å². The van der Waals surface area contributed by atoms with Gasteiger partial charge in [-0.3, -0.25) is 14.8 Å². The molecule has 0 aromatic carbocycles. The molecule has 0 aliphatic carbocycles. The molecule has 0 aliphatic rings. The lowest BCUT2D eigenvalue weighted by atomic mass is 10.1. The first-order valence-electron chi connectivity index (χ1n) is 5.44. The first-order valence-corrected chi connectivity index (χ1v) is 5.84. The number of aromatic amines is 2. The molecule has 17 heavy (non-hydrogen) atoms.